The Morgan fingerprint density at radius 1 is 0.825 bits per heavy atom. The van der Waals surface area contributed by atoms with Crippen molar-refractivity contribution < 1.29 is 17.9 Å². The van der Waals surface area contributed by atoms with Crippen molar-refractivity contribution in [2.24, 2.45) is 0 Å². The van der Waals surface area contributed by atoms with Gasteiger partial charge in [-0.3, -0.25) is 9.10 Å². The lowest BCUT2D eigenvalue weighted by Gasteiger charge is -2.22. The molecule has 0 atom stereocenters. The number of fused-ring (bicyclic) bond motifs is 1. The average Bonchev–Trinajstić information content (AvgIpc) is 3.40. The van der Waals surface area contributed by atoms with Gasteiger partial charge in [0, 0.05) is 24.8 Å². The van der Waals surface area contributed by atoms with Gasteiger partial charge in [0.2, 0.25) is 0 Å². The van der Waals surface area contributed by atoms with Gasteiger partial charge in [-0.05, 0) is 65.4 Å². The standard InChI is InChI=1S/C32H30N2O4S2/c1-23-14-16-28(38-3)31(18-23)40(36,37)33(2)27-15-17-29-26(19-27)20-30(39-29)32(35)34(21-24-10-6-4-7-11-24)22-25-12-8-5-9-13-25/h4-20H,21-22H2,1-3H3. The van der Waals surface area contributed by atoms with Crippen LogP contribution in [0.15, 0.2) is 108 Å². The number of hydrogen-bond donors (Lipinski definition) is 0. The van der Waals surface area contributed by atoms with Crippen molar-refractivity contribution in [3.63, 3.8) is 0 Å². The summed E-state index contributed by atoms with van der Waals surface area (Å²) in [6, 6.07) is 32.2. The number of sulfonamides is 1. The van der Waals surface area contributed by atoms with Crippen LogP contribution in [0.5, 0.6) is 5.75 Å². The van der Waals surface area contributed by atoms with Gasteiger partial charge < -0.3 is 9.64 Å². The van der Waals surface area contributed by atoms with Crippen LogP contribution < -0.4 is 9.04 Å². The molecule has 0 unspecified atom stereocenters. The Hall–Kier alpha value is -4.14. The van der Waals surface area contributed by atoms with Crippen molar-refractivity contribution in [2.75, 3.05) is 18.5 Å². The quantitative estimate of drug-likeness (QED) is 0.194. The van der Waals surface area contributed by atoms with Crippen LogP contribution in [0.1, 0.15) is 26.4 Å². The van der Waals surface area contributed by atoms with E-state index in [4.69, 9.17) is 4.74 Å². The van der Waals surface area contributed by atoms with Gasteiger partial charge in [0.25, 0.3) is 15.9 Å². The molecule has 4 aromatic carbocycles. The predicted octanol–water partition coefficient (Wildman–Crippen LogP) is 6.89. The summed E-state index contributed by atoms with van der Waals surface area (Å²) < 4.78 is 34.6. The first-order valence-corrected chi connectivity index (χ1v) is 15.1. The number of anilines is 1. The van der Waals surface area contributed by atoms with Gasteiger partial charge in [-0.25, -0.2) is 8.42 Å². The van der Waals surface area contributed by atoms with Gasteiger partial charge in [-0.15, -0.1) is 11.3 Å². The van der Waals surface area contributed by atoms with E-state index in [-0.39, 0.29) is 10.8 Å². The van der Waals surface area contributed by atoms with Crippen molar-refractivity contribution >= 4 is 43.0 Å². The van der Waals surface area contributed by atoms with Gasteiger partial charge in [0.1, 0.15) is 10.6 Å². The van der Waals surface area contributed by atoms with E-state index in [1.165, 1.54) is 29.8 Å². The van der Waals surface area contributed by atoms with Crippen LogP contribution in [0.3, 0.4) is 0 Å². The Morgan fingerprint density at radius 3 is 2.05 bits per heavy atom. The number of rotatable bonds is 9. The van der Waals surface area contributed by atoms with E-state index in [0.29, 0.717) is 29.4 Å². The lowest BCUT2D eigenvalue weighted by atomic mass is 10.1. The highest BCUT2D eigenvalue weighted by atomic mass is 32.2. The molecule has 5 aromatic rings. The summed E-state index contributed by atoms with van der Waals surface area (Å²) in [7, 11) is -0.899. The third kappa shape index (κ3) is 5.73. The van der Waals surface area contributed by atoms with Gasteiger partial charge >= 0.3 is 0 Å². The highest BCUT2D eigenvalue weighted by Crippen LogP contribution is 2.34. The van der Waals surface area contributed by atoms with Gasteiger partial charge in [-0.2, -0.15) is 0 Å². The number of amides is 1. The van der Waals surface area contributed by atoms with Gasteiger partial charge in [0.05, 0.1) is 17.7 Å². The molecule has 0 aliphatic heterocycles. The molecule has 0 bridgehead atoms. The second-order valence-electron chi connectivity index (χ2n) is 9.59. The lowest BCUT2D eigenvalue weighted by molar-refractivity contribution is 0.0735. The number of methoxy groups -OCH3 is 1. The second-order valence-corrected chi connectivity index (χ2v) is 12.6. The maximum absolute atomic E-state index is 13.8. The lowest BCUT2D eigenvalue weighted by Crippen LogP contribution is -2.29. The van der Waals surface area contributed by atoms with Crippen LogP contribution in [0.4, 0.5) is 5.69 Å². The summed E-state index contributed by atoms with van der Waals surface area (Å²) in [6.45, 7) is 2.80. The Kier molecular flexibility index (Phi) is 7.91. The topological polar surface area (TPSA) is 66.9 Å². The van der Waals surface area contributed by atoms with E-state index in [1.807, 2.05) is 90.7 Å². The molecule has 0 radical (unpaired) electrons. The molecule has 0 N–H and O–H groups in total. The van der Waals surface area contributed by atoms with E-state index in [9.17, 15) is 13.2 Å². The monoisotopic (exact) mass is 570 g/mol. The van der Waals surface area contributed by atoms with E-state index in [0.717, 1.165) is 26.8 Å². The number of thiophene rings is 1. The summed E-state index contributed by atoms with van der Waals surface area (Å²) in [6.07, 6.45) is 0. The molecular weight excluding hydrogens is 540 g/mol. The molecule has 204 valence electrons. The molecule has 1 heterocycles. The Bertz CT molecular complexity index is 1710. The van der Waals surface area contributed by atoms with Crippen molar-refractivity contribution in [3.05, 3.63) is 125 Å². The Morgan fingerprint density at radius 2 is 1.45 bits per heavy atom. The molecule has 0 spiro atoms. The van der Waals surface area contributed by atoms with E-state index in [2.05, 4.69) is 0 Å². The van der Waals surface area contributed by atoms with Crippen LogP contribution in [-0.4, -0.2) is 33.4 Å². The minimum Gasteiger partial charge on any atom is -0.495 e. The van der Waals surface area contributed by atoms with E-state index >= 15 is 0 Å². The smallest absolute Gasteiger partial charge is 0.267 e. The van der Waals surface area contributed by atoms with Crippen LogP contribution in [0.2, 0.25) is 0 Å². The first-order chi connectivity index (χ1) is 19.3. The first-order valence-electron chi connectivity index (χ1n) is 12.8. The number of aryl methyl sites for hydroxylation is 1. The minimum absolute atomic E-state index is 0.0686. The molecule has 0 saturated carbocycles. The van der Waals surface area contributed by atoms with Crippen LogP contribution >= 0.6 is 11.3 Å². The van der Waals surface area contributed by atoms with Crippen molar-refractivity contribution in [1.29, 1.82) is 0 Å². The fourth-order valence-corrected chi connectivity index (χ4v) is 7.00. The third-order valence-electron chi connectivity index (χ3n) is 6.75. The number of hydrogen-bond acceptors (Lipinski definition) is 5. The molecule has 5 rings (SSSR count). The molecule has 0 fully saturated rings. The number of nitrogens with zero attached hydrogens (tertiary/aromatic N) is 2. The fourth-order valence-electron chi connectivity index (χ4n) is 4.57. The largest absolute Gasteiger partial charge is 0.495 e. The zero-order chi connectivity index (χ0) is 28.3. The normalized spacial score (nSPS) is 11.4. The van der Waals surface area contributed by atoms with Crippen LogP contribution in [0.25, 0.3) is 10.1 Å². The van der Waals surface area contributed by atoms with Gasteiger partial charge in [0.15, 0.2) is 0 Å². The van der Waals surface area contributed by atoms with Crippen molar-refractivity contribution in [3.8, 4) is 5.75 Å². The number of ether oxygens (including phenoxy) is 1. The number of carbonyl (C=O) groups is 1. The highest BCUT2D eigenvalue weighted by molar-refractivity contribution is 7.93. The Labute approximate surface area is 239 Å². The molecule has 40 heavy (non-hydrogen) atoms. The molecule has 0 saturated heterocycles. The summed E-state index contributed by atoms with van der Waals surface area (Å²) in [4.78, 5) is 16.4. The highest BCUT2D eigenvalue weighted by Gasteiger charge is 2.26. The molecule has 0 aliphatic rings. The molecule has 0 aliphatic carbocycles. The number of carbonyl (C=O) groups excluding carboxylic acids is 1. The predicted molar refractivity (Wildman–Crippen MR) is 162 cm³/mol. The maximum atomic E-state index is 13.8. The average molecular weight is 571 g/mol. The second kappa shape index (κ2) is 11.5. The van der Waals surface area contributed by atoms with Crippen molar-refractivity contribution in [1.82, 2.24) is 4.90 Å². The van der Waals surface area contributed by atoms with Crippen LogP contribution in [-0.2, 0) is 23.1 Å². The van der Waals surface area contributed by atoms with E-state index in [1.54, 1.807) is 24.3 Å². The third-order valence-corrected chi connectivity index (χ3v) is 9.66. The molecule has 1 aromatic heterocycles. The van der Waals surface area contributed by atoms with Crippen molar-refractivity contribution in [2.45, 2.75) is 24.9 Å². The zero-order valence-electron chi connectivity index (χ0n) is 22.6. The summed E-state index contributed by atoms with van der Waals surface area (Å²) in [5.41, 5.74) is 3.42. The first kappa shape index (κ1) is 27.4. The molecule has 1 amide bonds. The minimum atomic E-state index is -3.88. The molecular formula is C32H30N2O4S2. The summed E-state index contributed by atoms with van der Waals surface area (Å²) in [5, 5.41) is 0.809. The summed E-state index contributed by atoms with van der Waals surface area (Å²) >= 11 is 1.41. The van der Waals surface area contributed by atoms with Crippen LogP contribution in [0, 0.1) is 6.92 Å². The number of benzene rings is 4. The Balaban J connectivity index is 1.46. The molecule has 8 heteroatoms. The SMILES string of the molecule is COc1ccc(C)cc1S(=O)(=O)N(C)c1ccc2sc(C(=O)N(Cc3ccccc3)Cc3ccccc3)cc2c1. The summed E-state index contributed by atoms with van der Waals surface area (Å²) in [5.74, 6) is 0.222. The molecule has 6 nitrogen and oxygen atoms in total. The maximum Gasteiger partial charge on any atom is 0.267 e. The zero-order valence-corrected chi connectivity index (χ0v) is 24.2. The van der Waals surface area contributed by atoms with Gasteiger partial charge in [-0.1, -0.05) is 66.7 Å². The van der Waals surface area contributed by atoms with E-state index < -0.39 is 10.0 Å². The fraction of sp³-hybridized carbons (Fsp3) is 0.156.